The molecule has 0 fully saturated rings. The van der Waals surface area contributed by atoms with Gasteiger partial charge < -0.3 is 29.6 Å². The average Bonchev–Trinajstić information content (AvgIpc) is 2.92. The maximum absolute atomic E-state index is 13.2. The molecular formula is C28H35N3O7. The third kappa shape index (κ3) is 6.44. The second-order valence-electron chi connectivity index (χ2n) is 8.63. The van der Waals surface area contributed by atoms with Gasteiger partial charge in [-0.05, 0) is 43.2 Å². The molecule has 0 spiro atoms. The Balaban J connectivity index is 1.95. The number of amides is 3. The number of rotatable bonds is 12. The van der Waals surface area contributed by atoms with Crippen LogP contribution in [0.1, 0.15) is 48.7 Å². The Bertz CT molecular complexity index is 1170. The van der Waals surface area contributed by atoms with Gasteiger partial charge in [-0.15, -0.1) is 0 Å². The van der Waals surface area contributed by atoms with Crippen LogP contribution in [0.5, 0.6) is 11.5 Å². The summed E-state index contributed by atoms with van der Waals surface area (Å²) in [6, 6.07) is 10.9. The number of ether oxygens (including phenoxy) is 4. The second kappa shape index (κ2) is 13.5. The van der Waals surface area contributed by atoms with E-state index < -0.39 is 17.9 Å². The van der Waals surface area contributed by atoms with E-state index in [1.807, 2.05) is 6.92 Å². The van der Waals surface area contributed by atoms with E-state index in [1.54, 1.807) is 54.3 Å². The Kier molecular flexibility index (Phi) is 10.1. The topological polar surface area (TPSA) is 115 Å². The molecule has 0 aliphatic carbocycles. The van der Waals surface area contributed by atoms with Crippen molar-refractivity contribution in [3.05, 3.63) is 64.9 Å². The highest BCUT2D eigenvalue weighted by Crippen LogP contribution is 2.33. The molecule has 38 heavy (non-hydrogen) atoms. The van der Waals surface area contributed by atoms with Gasteiger partial charge in [0.2, 0.25) is 0 Å². The lowest BCUT2D eigenvalue weighted by Gasteiger charge is -2.35. The first-order valence-corrected chi connectivity index (χ1v) is 12.4. The molecule has 2 N–H and O–H groups in total. The zero-order valence-corrected chi connectivity index (χ0v) is 22.5. The number of allylic oxidation sites excluding steroid dienone is 1. The number of benzene rings is 2. The summed E-state index contributed by atoms with van der Waals surface area (Å²) in [6.45, 7) is 4.59. The molecule has 0 aromatic heterocycles. The van der Waals surface area contributed by atoms with Crippen molar-refractivity contribution in [2.75, 3.05) is 46.4 Å². The third-order valence-corrected chi connectivity index (χ3v) is 6.20. The fraction of sp³-hybridized carbons (Fsp3) is 0.393. The minimum atomic E-state index is -0.770. The van der Waals surface area contributed by atoms with Crippen molar-refractivity contribution in [3.8, 4) is 11.5 Å². The smallest absolute Gasteiger partial charge is 0.338 e. The summed E-state index contributed by atoms with van der Waals surface area (Å²) in [6.07, 6.45) is 1.68. The zero-order valence-electron chi connectivity index (χ0n) is 22.5. The molecule has 1 atom stereocenters. The number of hydrogen-bond donors (Lipinski definition) is 2. The van der Waals surface area contributed by atoms with Gasteiger partial charge in [-0.1, -0.05) is 31.5 Å². The van der Waals surface area contributed by atoms with Crippen molar-refractivity contribution >= 4 is 23.6 Å². The number of carbonyl (C=O) groups excluding carboxylic acids is 3. The quantitative estimate of drug-likeness (QED) is 0.314. The lowest BCUT2D eigenvalue weighted by atomic mass is 9.94. The van der Waals surface area contributed by atoms with E-state index in [4.69, 9.17) is 18.9 Å². The highest BCUT2D eigenvalue weighted by molar-refractivity contribution is 6.08. The molecule has 1 aliphatic heterocycles. The zero-order chi connectivity index (χ0) is 27.7. The van der Waals surface area contributed by atoms with Crippen LogP contribution in [0.15, 0.2) is 53.7 Å². The van der Waals surface area contributed by atoms with E-state index >= 15 is 0 Å². The van der Waals surface area contributed by atoms with Crippen LogP contribution < -0.4 is 20.1 Å². The molecule has 0 saturated carbocycles. The highest BCUT2D eigenvalue weighted by atomic mass is 16.6. The number of unbranched alkanes of at least 4 members (excludes halogenated alkanes) is 1. The summed E-state index contributed by atoms with van der Waals surface area (Å²) in [5, 5.41) is 5.80. The van der Waals surface area contributed by atoms with Gasteiger partial charge in [0, 0.05) is 25.0 Å². The summed E-state index contributed by atoms with van der Waals surface area (Å²) >= 11 is 0. The van der Waals surface area contributed by atoms with E-state index in [0.717, 1.165) is 12.8 Å². The Morgan fingerprint density at radius 1 is 1.03 bits per heavy atom. The van der Waals surface area contributed by atoms with Gasteiger partial charge in [0.1, 0.15) is 23.7 Å². The molecule has 2 aromatic rings. The fourth-order valence-electron chi connectivity index (χ4n) is 4.24. The molecule has 1 heterocycles. The SMILES string of the molecule is CCCCN1C(=O)NC(c2cccc(NC(=O)c3c(OC)cccc3OC)c2)C(C(=O)OCCOC)=C1C. The van der Waals surface area contributed by atoms with Crippen LogP contribution in [0.2, 0.25) is 0 Å². The van der Waals surface area contributed by atoms with Crippen molar-refractivity contribution in [1.82, 2.24) is 10.2 Å². The monoisotopic (exact) mass is 525 g/mol. The largest absolute Gasteiger partial charge is 0.496 e. The number of urea groups is 1. The highest BCUT2D eigenvalue weighted by Gasteiger charge is 2.36. The van der Waals surface area contributed by atoms with Crippen LogP contribution in [-0.4, -0.2) is 63.9 Å². The molecule has 3 amide bonds. The predicted molar refractivity (Wildman–Crippen MR) is 142 cm³/mol. The number of nitrogens with one attached hydrogen (secondary N) is 2. The van der Waals surface area contributed by atoms with Crippen molar-refractivity contribution < 1.29 is 33.3 Å². The lowest BCUT2D eigenvalue weighted by molar-refractivity contribution is -0.140. The molecule has 2 aromatic carbocycles. The molecule has 0 saturated heterocycles. The predicted octanol–water partition coefficient (Wildman–Crippen LogP) is 4.29. The summed E-state index contributed by atoms with van der Waals surface area (Å²) in [5.41, 5.74) is 2.18. The molecule has 10 heteroatoms. The van der Waals surface area contributed by atoms with Gasteiger partial charge in [-0.2, -0.15) is 0 Å². The molecule has 10 nitrogen and oxygen atoms in total. The van der Waals surface area contributed by atoms with E-state index in [-0.39, 0.29) is 24.8 Å². The molecule has 1 unspecified atom stereocenters. The van der Waals surface area contributed by atoms with Gasteiger partial charge >= 0.3 is 12.0 Å². The maximum Gasteiger partial charge on any atom is 0.338 e. The number of methoxy groups -OCH3 is 3. The van der Waals surface area contributed by atoms with Crippen LogP contribution in [-0.2, 0) is 14.3 Å². The van der Waals surface area contributed by atoms with Crippen molar-refractivity contribution in [3.63, 3.8) is 0 Å². The van der Waals surface area contributed by atoms with Crippen molar-refractivity contribution in [1.29, 1.82) is 0 Å². The van der Waals surface area contributed by atoms with E-state index in [1.165, 1.54) is 21.3 Å². The first-order valence-electron chi connectivity index (χ1n) is 12.4. The molecule has 0 bridgehead atoms. The lowest BCUT2D eigenvalue weighted by Crippen LogP contribution is -2.48. The number of carbonyl (C=O) groups is 3. The Hall–Kier alpha value is -4.05. The van der Waals surface area contributed by atoms with Gasteiger partial charge in [0.05, 0.1) is 32.4 Å². The van der Waals surface area contributed by atoms with Crippen LogP contribution in [0.25, 0.3) is 0 Å². The first-order chi connectivity index (χ1) is 18.4. The molecule has 204 valence electrons. The van der Waals surface area contributed by atoms with E-state index in [2.05, 4.69) is 10.6 Å². The number of nitrogens with zero attached hydrogens (tertiary/aromatic N) is 1. The van der Waals surface area contributed by atoms with Crippen LogP contribution in [0, 0.1) is 0 Å². The minimum Gasteiger partial charge on any atom is -0.496 e. The van der Waals surface area contributed by atoms with E-state index in [0.29, 0.717) is 40.6 Å². The van der Waals surface area contributed by atoms with Gasteiger partial charge in [-0.25, -0.2) is 9.59 Å². The van der Waals surface area contributed by atoms with Crippen LogP contribution in [0.4, 0.5) is 10.5 Å². The molecule has 0 radical (unpaired) electrons. The second-order valence-corrected chi connectivity index (χ2v) is 8.63. The Morgan fingerprint density at radius 2 is 1.71 bits per heavy atom. The summed E-state index contributed by atoms with van der Waals surface area (Å²) in [5.74, 6) is -0.242. The molecular weight excluding hydrogens is 490 g/mol. The number of hydrogen-bond acceptors (Lipinski definition) is 7. The fourth-order valence-corrected chi connectivity index (χ4v) is 4.24. The van der Waals surface area contributed by atoms with Gasteiger partial charge in [0.25, 0.3) is 5.91 Å². The number of esters is 1. The molecule has 1 aliphatic rings. The number of anilines is 1. The van der Waals surface area contributed by atoms with Crippen molar-refractivity contribution in [2.45, 2.75) is 32.7 Å². The minimum absolute atomic E-state index is 0.0819. The average molecular weight is 526 g/mol. The Morgan fingerprint density at radius 3 is 2.34 bits per heavy atom. The van der Waals surface area contributed by atoms with E-state index in [9.17, 15) is 14.4 Å². The van der Waals surface area contributed by atoms with Crippen LogP contribution >= 0.6 is 0 Å². The van der Waals surface area contributed by atoms with Crippen LogP contribution in [0.3, 0.4) is 0 Å². The normalized spacial score (nSPS) is 15.1. The maximum atomic E-state index is 13.2. The summed E-state index contributed by atoms with van der Waals surface area (Å²) < 4.78 is 21.1. The standard InChI is InChI=1S/C28H35N3O7/c1-6-7-14-31-18(2)23(27(33)38-16-15-35-3)25(30-28(31)34)19-10-8-11-20(17-19)29-26(32)24-21(36-4)12-9-13-22(24)37-5/h8-13,17,25H,6-7,14-16H2,1-5H3,(H,29,32)(H,30,34). The first kappa shape index (κ1) is 28.5. The molecule has 3 rings (SSSR count). The van der Waals surface area contributed by atoms with Gasteiger partial charge in [-0.3, -0.25) is 9.69 Å². The Labute approximate surface area is 222 Å². The summed E-state index contributed by atoms with van der Waals surface area (Å²) in [7, 11) is 4.47. The summed E-state index contributed by atoms with van der Waals surface area (Å²) in [4.78, 5) is 40.9. The third-order valence-electron chi connectivity index (χ3n) is 6.20. The van der Waals surface area contributed by atoms with Crippen molar-refractivity contribution in [2.24, 2.45) is 0 Å². The van der Waals surface area contributed by atoms with Gasteiger partial charge in [0.15, 0.2) is 0 Å².